The van der Waals surface area contributed by atoms with E-state index in [1.807, 2.05) is 82.3 Å². The Balaban J connectivity index is 0.000000220. The lowest BCUT2D eigenvalue weighted by Gasteiger charge is -2.24. The van der Waals surface area contributed by atoms with Crippen LogP contribution in [0.1, 0.15) is 27.8 Å². The molecule has 1 heterocycles. The second-order valence-electron chi connectivity index (χ2n) is 10.1. The minimum Gasteiger partial charge on any atom is -0.277 e. The lowest BCUT2D eigenvalue weighted by molar-refractivity contribution is -0.117. The fraction of sp³-hybridized carbons (Fsp3) is 0.188. The molecule has 0 aromatic heterocycles. The molecule has 0 unspecified atom stereocenters. The predicted molar refractivity (Wildman–Crippen MR) is 197 cm³/mol. The van der Waals surface area contributed by atoms with E-state index in [-0.39, 0.29) is 17.7 Å². The summed E-state index contributed by atoms with van der Waals surface area (Å²) < 4.78 is 0. The van der Waals surface area contributed by atoms with Crippen LogP contribution < -0.4 is 9.80 Å². The fourth-order valence-electron chi connectivity index (χ4n) is 4.66. The Bertz CT molecular complexity index is 1650. The molecule has 0 saturated carbocycles. The van der Waals surface area contributed by atoms with Crippen molar-refractivity contribution in [2.75, 3.05) is 15.7 Å². The zero-order chi connectivity index (χ0) is 33.6. The van der Waals surface area contributed by atoms with Gasteiger partial charge in [0, 0.05) is 5.69 Å². The summed E-state index contributed by atoms with van der Waals surface area (Å²) in [7, 11) is 14.8. The molecule has 0 radical (unpaired) electrons. The highest BCUT2D eigenvalue weighted by molar-refractivity contribution is 7.54. The maximum Gasteiger partial charge on any atom is 0.643 e. The molecule has 0 N–H and O–H groups in total. The maximum absolute atomic E-state index is 12.3. The number of carbonyl (C=O) groups is 2. The molecule has 13 heteroatoms. The minimum atomic E-state index is -1.72. The minimum absolute atomic E-state index is 0.00162. The van der Waals surface area contributed by atoms with E-state index in [9.17, 15) is 9.59 Å². The average Bonchev–Trinajstić information content (AvgIpc) is 3.25. The number of hydrogen-bond acceptors (Lipinski definition) is 2. The van der Waals surface area contributed by atoms with Crippen molar-refractivity contribution in [3.63, 3.8) is 0 Å². The molecule has 1 aliphatic rings. The van der Waals surface area contributed by atoms with Gasteiger partial charge in [-0.05, 0) is 86.8 Å². The van der Waals surface area contributed by atoms with Crippen LogP contribution in [0, 0.1) is 27.7 Å². The number of amides is 2. The second kappa shape index (κ2) is 17.2. The first-order chi connectivity index (χ1) is 21.1. The third kappa shape index (κ3) is 10.1. The van der Waals surface area contributed by atoms with E-state index in [0.717, 1.165) is 33.5 Å². The van der Waals surface area contributed by atoms with Crippen molar-refractivity contribution in [3.05, 3.63) is 115 Å². The van der Waals surface area contributed by atoms with Gasteiger partial charge in [-0.15, -0.1) is 11.6 Å². The number of halogens is 8. The molecule has 0 atom stereocenters. The van der Waals surface area contributed by atoms with Gasteiger partial charge in [0.15, 0.2) is 0 Å². The van der Waals surface area contributed by atoms with Gasteiger partial charge in [-0.2, -0.15) is 0 Å². The van der Waals surface area contributed by atoms with Crippen LogP contribution in [0.3, 0.4) is 0 Å². The highest BCUT2D eigenvalue weighted by atomic mass is 35.8. The number of benzene rings is 4. The first-order valence-corrected chi connectivity index (χ1v) is 20.6. The van der Waals surface area contributed by atoms with Crippen LogP contribution in [-0.4, -0.2) is 29.1 Å². The van der Waals surface area contributed by atoms with E-state index in [4.69, 9.17) is 88.2 Å². The largest absolute Gasteiger partial charge is 0.643 e. The van der Waals surface area contributed by atoms with Gasteiger partial charge in [-0.1, -0.05) is 81.8 Å². The summed E-state index contributed by atoms with van der Waals surface area (Å²) in [5, 5.41) is 1.83. The van der Waals surface area contributed by atoms with Gasteiger partial charge < -0.3 is 0 Å². The van der Waals surface area contributed by atoms with Gasteiger partial charge in [0.2, 0.25) is 11.8 Å². The smallest absolute Gasteiger partial charge is 0.277 e. The third-order valence-electron chi connectivity index (χ3n) is 6.49. The Morgan fingerprint density at radius 3 is 1.69 bits per heavy atom. The van der Waals surface area contributed by atoms with Crippen LogP contribution in [-0.2, 0) is 16.0 Å². The summed E-state index contributed by atoms with van der Waals surface area (Å²) in [6, 6.07) is 20.7. The summed E-state index contributed by atoms with van der Waals surface area (Å²) in [6.45, 7) is 7.80. The number of nitrogens with zero attached hydrogens (tertiary/aromatic N) is 2. The number of anilines is 4. The lowest BCUT2D eigenvalue weighted by Crippen LogP contribution is -2.27. The number of carbonyl (C=O) groups excluding carboxylic acids is 2. The summed E-state index contributed by atoms with van der Waals surface area (Å²) in [6.07, 6.45) is 0.386. The van der Waals surface area contributed by atoms with E-state index in [2.05, 4.69) is 0 Å². The molecule has 5 rings (SSSR count). The first-order valence-electron chi connectivity index (χ1n) is 13.4. The van der Waals surface area contributed by atoms with Gasteiger partial charge in [0.1, 0.15) is 5.88 Å². The quantitative estimate of drug-likeness (QED) is 0.153. The number of rotatable bonds is 4. The third-order valence-corrected chi connectivity index (χ3v) is 7.87. The Hall–Kier alpha value is -1.33. The van der Waals surface area contributed by atoms with Gasteiger partial charge in [0.25, 0.3) is 0 Å². The van der Waals surface area contributed by atoms with Crippen molar-refractivity contribution >= 4 is 134 Å². The fourth-order valence-corrected chi connectivity index (χ4v) is 6.31. The van der Waals surface area contributed by atoms with Crippen LogP contribution in [0.4, 0.5) is 22.7 Å². The molecule has 1 aliphatic heterocycles. The van der Waals surface area contributed by atoms with Gasteiger partial charge in [-0.3, -0.25) is 19.4 Å². The van der Waals surface area contributed by atoms with E-state index < -0.39 is 11.4 Å². The molecule has 4 aromatic carbocycles. The second-order valence-corrected chi connectivity index (χ2v) is 18.5. The molecule has 0 aliphatic carbocycles. The van der Waals surface area contributed by atoms with E-state index in [0.29, 0.717) is 43.6 Å². The zero-order valence-corrected chi connectivity index (χ0v) is 31.8. The molecule has 45 heavy (non-hydrogen) atoms. The Morgan fingerprint density at radius 1 is 0.733 bits per heavy atom. The van der Waals surface area contributed by atoms with Crippen molar-refractivity contribution in [3.8, 4) is 0 Å². The van der Waals surface area contributed by atoms with E-state index in [1.54, 1.807) is 17.0 Å². The maximum atomic E-state index is 12.3. The summed E-state index contributed by atoms with van der Waals surface area (Å²) in [5.41, 5.74) is 7.73. The number of aryl methyl sites for hydroxylation is 4. The van der Waals surface area contributed by atoms with E-state index in [1.165, 1.54) is 4.90 Å². The molecule has 0 saturated heterocycles. The Labute approximate surface area is 305 Å². The SMILES string of the molecule is Cc1cc(Cl)c(N2C(=O)Cc3cc(C)ccc32)c(Cl)c1.Cc1ccc(N(C(=O)CCl)c2c(Cl)cc(C)cc2Cl)cc1.[Cl][Al]([Cl])[Cl]. The topological polar surface area (TPSA) is 40.6 Å². The first kappa shape index (κ1) is 38.1. The van der Waals surface area contributed by atoms with Gasteiger partial charge in [-0.25, -0.2) is 30.1 Å². The Kier molecular flexibility index (Phi) is 14.6. The van der Waals surface area contributed by atoms with Crippen molar-refractivity contribution in [1.82, 2.24) is 0 Å². The molecule has 0 bridgehead atoms. The monoisotopic (exact) mass is 778 g/mol. The van der Waals surface area contributed by atoms with Crippen LogP contribution in [0.5, 0.6) is 0 Å². The summed E-state index contributed by atoms with van der Waals surface area (Å²) in [5.74, 6) is -0.444. The molecular formula is C32H27AlCl8N2O2. The van der Waals surface area contributed by atoms with Crippen molar-refractivity contribution < 1.29 is 9.59 Å². The summed E-state index contributed by atoms with van der Waals surface area (Å²) in [4.78, 5) is 27.7. The van der Waals surface area contributed by atoms with Gasteiger partial charge in [0.05, 0.1) is 43.6 Å². The molecular weight excluding hydrogens is 755 g/mol. The molecule has 0 fully saturated rings. The molecule has 4 aromatic rings. The normalized spacial score (nSPS) is 11.6. The number of alkyl halides is 1. The zero-order valence-electron chi connectivity index (χ0n) is 24.6. The van der Waals surface area contributed by atoms with Crippen molar-refractivity contribution in [1.29, 1.82) is 0 Å². The van der Waals surface area contributed by atoms with Crippen LogP contribution in [0.15, 0.2) is 66.7 Å². The van der Waals surface area contributed by atoms with Crippen molar-refractivity contribution in [2.24, 2.45) is 0 Å². The standard InChI is InChI=1S/C16H14Cl3NO.C16H13Cl2NO.Al.3ClH/c1-10-3-5-12(6-4-10)20(15(21)9-17)16-13(18)7-11(2)8-14(16)19;1-9-3-4-14-11(5-9)8-15(20)19(14)16-12(17)6-10(2)7-13(16)18;;;;/h3-8H,9H2,1-2H3;3-7H,8H2,1-2H3;;3*1H/q;;+3;;;/p-3. The number of hydrogen-bond donors (Lipinski definition) is 0. The van der Waals surface area contributed by atoms with Crippen LogP contribution >= 0.6 is 88.2 Å². The molecule has 236 valence electrons. The Morgan fingerprint density at radius 2 is 1.20 bits per heavy atom. The lowest BCUT2D eigenvalue weighted by atomic mass is 10.1. The van der Waals surface area contributed by atoms with E-state index >= 15 is 0 Å². The van der Waals surface area contributed by atoms with Crippen LogP contribution in [0.2, 0.25) is 20.1 Å². The molecule has 2 amide bonds. The van der Waals surface area contributed by atoms with Crippen LogP contribution in [0.25, 0.3) is 0 Å². The molecule has 0 spiro atoms. The van der Waals surface area contributed by atoms with Crippen molar-refractivity contribution in [2.45, 2.75) is 34.1 Å². The van der Waals surface area contributed by atoms with Gasteiger partial charge >= 0.3 is 11.4 Å². The predicted octanol–water partition coefficient (Wildman–Crippen LogP) is 12.0. The number of fused-ring (bicyclic) bond motifs is 1. The molecule has 4 nitrogen and oxygen atoms in total. The highest BCUT2D eigenvalue weighted by Crippen LogP contribution is 2.44. The summed E-state index contributed by atoms with van der Waals surface area (Å²) >= 11 is 29.2. The average molecular weight is 782 g/mol. The highest BCUT2D eigenvalue weighted by Gasteiger charge is 2.31.